The predicted octanol–water partition coefficient (Wildman–Crippen LogP) is 2.98. The molecule has 2 aromatic carbocycles. The van der Waals surface area contributed by atoms with E-state index in [2.05, 4.69) is 10.6 Å². The summed E-state index contributed by atoms with van der Waals surface area (Å²) in [7, 11) is 0. The molecule has 0 spiro atoms. The van der Waals surface area contributed by atoms with Gasteiger partial charge in [0.25, 0.3) is 5.56 Å². The van der Waals surface area contributed by atoms with Gasteiger partial charge in [-0.25, -0.2) is 13.6 Å². The largest absolute Gasteiger partial charge is 0.488 e. The van der Waals surface area contributed by atoms with Gasteiger partial charge >= 0.3 is 6.03 Å². The van der Waals surface area contributed by atoms with Crippen molar-refractivity contribution in [3.05, 3.63) is 99.5 Å². The number of carbonyl (C=O) groups is 1. The van der Waals surface area contributed by atoms with Gasteiger partial charge in [-0.15, -0.1) is 0 Å². The summed E-state index contributed by atoms with van der Waals surface area (Å²) >= 11 is 0. The van der Waals surface area contributed by atoms with Crippen LogP contribution < -0.4 is 20.9 Å². The number of nitrogens with one attached hydrogen (secondary N) is 2. The number of halogens is 2. The third kappa shape index (κ3) is 5.09. The Kier molecular flexibility index (Phi) is 5.97. The molecular weight excluding hydrogens is 404 g/mol. The van der Waals surface area contributed by atoms with Gasteiger partial charge in [-0.05, 0) is 29.7 Å². The summed E-state index contributed by atoms with van der Waals surface area (Å²) in [5.41, 5.74) is 2.19. The second-order valence-electron chi connectivity index (χ2n) is 7.40. The Morgan fingerprint density at radius 3 is 2.65 bits per heavy atom. The number of rotatable bonds is 5. The lowest BCUT2D eigenvalue weighted by atomic mass is 10.0. The van der Waals surface area contributed by atoms with Gasteiger partial charge in [0.15, 0.2) is 11.6 Å². The molecule has 1 atom stereocenters. The third-order valence-corrected chi connectivity index (χ3v) is 5.04. The molecule has 6 nitrogen and oxygen atoms in total. The number of amides is 2. The van der Waals surface area contributed by atoms with E-state index in [1.54, 1.807) is 22.9 Å². The van der Waals surface area contributed by atoms with Gasteiger partial charge in [0, 0.05) is 30.4 Å². The second-order valence-corrected chi connectivity index (χ2v) is 7.40. The average Bonchev–Trinajstić information content (AvgIpc) is 2.74. The molecule has 1 aromatic heterocycles. The fourth-order valence-corrected chi connectivity index (χ4v) is 3.50. The van der Waals surface area contributed by atoms with Crippen LogP contribution in [0.3, 0.4) is 0 Å². The molecule has 1 unspecified atom stereocenters. The van der Waals surface area contributed by atoms with Gasteiger partial charge in [0.05, 0.1) is 12.6 Å². The molecule has 0 saturated carbocycles. The van der Waals surface area contributed by atoms with Crippen LogP contribution >= 0.6 is 0 Å². The van der Waals surface area contributed by atoms with Gasteiger partial charge in [-0.1, -0.05) is 30.3 Å². The molecule has 160 valence electrons. The Hall–Kier alpha value is -3.68. The van der Waals surface area contributed by atoms with Gasteiger partial charge in [-0.3, -0.25) is 4.79 Å². The van der Waals surface area contributed by atoms with E-state index in [-0.39, 0.29) is 30.4 Å². The number of pyridine rings is 1. The zero-order valence-electron chi connectivity index (χ0n) is 16.6. The van der Waals surface area contributed by atoms with Crippen LogP contribution in [0.2, 0.25) is 0 Å². The minimum absolute atomic E-state index is 0.0395. The number of hydrogen-bond acceptors (Lipinski definition) is 3. The zero-order valence-corrected chi connectivity index (χ0v) is 16.6. The number of nitrogens with zero attached hydrogens (tertiary/aromatic N) is 1. The van der Waals surface area contributed by atoms with Crippen LogP contribution in [0.25, 0.3) is 0 Å². The lowest BCUT2D eigenvalue weighted by Crippen LogP contribution is -2.47. The molecule has 0 radical (unpaired) electrons. The summed E-state index contributed by atoms with van der Waals surface area (Å²) in [6.07, 6.45) is 2.02. The molecule has 0 aliphatic carbocycles. The number of urea groups is 1. The molecule has 1 aliphatic rings. The molecule has 31 heavy (non-hydrogen) atoms. The fraction of sp³-hybridized carbons (Fsp3) is 0.217. The highest BCUT2D eigenvalue weighted by Gasteiger charge is 2.24. The Bertz CT molecular complexity index is 1150. The predicted molar refractivity (Wildman–Crippen MR) is 111 cm³/mol. The highest BCUT2D eigenvalue weighted by Crippen LogP contribution is 2.28. The Morgan fingerprint density at radius 2 is 1.87 bits per heavy atom. The average molecular weight is 425 g/mol. The molecule has 0 fully saturated rings. The molecule has 8 heteroatoms. The first-order valence-electron chi connectivity index (χ1n) is 9.86. The monoisotopic (exact) mass is 425 g/mol. The van der Waals surface area contributed by atoms with Crippen molar-refractivity contribution in [3.63, 3.8) is 0 Å². The van der Waals surface area contributed by atoms with Crippen molar-refractivity contribution in [2.75, 3.05) is 6.61 Å². The minimum Gasteiger partial charge on any atom is -0.488 e. The van der Waals surface area contributed by atoms with E-state index in [4.69, 9.17) is 4.74 Å². The van der Waals surface area contributed by atoms with Crippen molar-refractivity contribution in [3.8, 4) is 5.75 Å². The normalized spacial score (nSPS) is 15.0. The highest BCUT2D eigenvalue weighted by molar-refractivity contribution is 5.74. The van der Waals surface area contributed by atoms with Crippen molar-refractivity contribution < 1.29 is 18.3 Å². The molecule has 0 bridgehead atoms. The molecule has 1 aliphatic heterocycles. The quantitative estimate of drug-likeness (QED) is 0.660. The van der Waals surface area contributed by atoms with E-state index in [1.807, 2.05) is 24.3 Å². The van der Waals surface area contributed by atoms with Crippen molar-refractivity contribution in [1.29, 1.82) is 0 Å². The van der Waals surface area contributed by atoms with Gasteiger partial charge < -0.3 is 19.9 Å². The molecular formula is C23H21F2N3O3. The number of carbonyl (C=O) groups excluding carboxylic acids is 1. The maximum atomic E-state index is 13.7. The summed E-state index contributed by atoms with van der Waals surface area (Å²) < 4.78 is 34.1. The van der Waals surface area contributed by atoms with Gasteiger partial charge in [-0.2, -0.15) is 0 Å². The number of aromatic nitrogens is 1. The first kappa shape index (κ1) is 20.6. The van der Waals surface area contributed by atoms with Gasteiger partial charge in [0.1, 0.15) is 12.4 Å². The second kappa shape index (κ2) is 8.99. The maximum Gasteiger partial charge on any atom is 0.315 e. The van der Waals surface area contributed by atoms with Gasteiger partial charge in [0.2, 0.25) is 0 Å². The van der Waals surface area contributed by atoms with Crippen LogP contribution in [-0.4, -0.2) is 23.2 Å². The Labute approximate surface area is 177 Å². The van der Waals surface area contributed by atoms with Crippen molar-refractivity contribution >= 4 is 6.03 Å². The summed E-state index contributed by atoms with van der Waals surface area (Å²) in [5, 5.41) is 5.52. The maximum absolute atomic E-state index is 13.7. The van der Waals surface area contributed by atoms with E-state index in [0.717, 1.165) is 17.2 Å². The fourth-order valence-electron chi connectivity index (χ4n) is 3.50. The molecule has 3 aromatic rings. The summed E-state index contributed by atoms with van der Waals surface area (Å²) in [4.78, 5) is 24.0. The van der Waals surface area contributed by atoms with Crippen LogP contribution in [0.4, 0.5) is 13.6 Å². The standard InChI is InChI=1S/C23H21F2N3O3/c24-18-9-17-10-19(14-31-22(17)20(25)11-18)27-23(30)26-12-15-4-6-16(7-5-15)13-28-8-2-1-3-21(28)29/h1-9,11,19H,10,12-14H2,(H2,26,27,30). The summed E-state index contributed by atoms with van der Waals surface area (Å²) in [6.45, 7) is 0.888. The lowest BCUT2D eigenvalue weighted by Gasteiger charge is -2.26. The molecule has 2 amide bonds. The first-order valence-corrected chi connectivity index (χ1v) is 9.86. The lowest BCUT2D eigenvalue weighted by molar-refractivity contribution is 0.209. The highest BCUT2D eigenvalue weighted by atomic mass is 19.1. The first-order chi connectivity index (χ1) is 15.0. The van der Waals surface area contributed by atoms with Crippen molar-refractivity contribution in [1.82, 2.24) is 15.2 Å². The van der Waals surface area contributed by atoms with Crippen LogP contribution in [-0.2, 0) is 19.5 Å². The number of fused-ring (bicyclic) bond motifs is 1. The Morgan fingerprint density at radius 1 is 1.10 bits per heavy atom. The molecule has 2 N–H and O–H groups in total. The number of ether oxygens (including phenoxy) is 1. The van der Waals surface area contributed by atoms with Crippen LogP contribution in [0.1, 0.15) is 16.7 Å². The molecule has 2 heterocycles. The van der Waals surface area contributed by atoms with E-state index in [1.165, 1.54) is 12.1 Å². The van der Waals surface area contributed by atoms with Crippen molar-refractivity contribution in [2.24, 2.45) is 0 Å². The van der Waals surface area contributed by atoms with Crippen LogP contribution in [0.5, 0.6) is 5.75 Å². The smallest absolute Gasteiger partial charge is 0.315 e. The minimum atomic E-state index is -0.738. The van der Waals surface area contributed by atoms with Crippen LogP contribution in [0, 0.1) is 11.6 Å². The van der Waals surface area contributed by atoms with Crippen LogP contribution in [0.15, 0.2) is 65.6 Å². The zero-order chi connectivity index (χ0) is 21.8. The van der Waals surface area contributed by atoms with E-state index in [0.29, 0.717) is 18.7 Å². The van der Waals surface area contributed by atoms with Crippen molar-refractivity contribution in [2.45, 2.75) is 25.6 Å². The summed E-state index contributed by atoms with van der Waals surface area (Å²) in [5.74, 6) is -1.37. The molecule has 4 rings (SSSR count). The Balaban J connectivity index is 1.28. The summed E-state index contributed by atoms with van der Waals surface area (Å²) in [6, 6.07) is 13.8. The topological polar surface area (TPSA) is 72.4 Å². The third-order valence-electron chi connectivity index (χ3n) is 5.04. The van der Waals surface area contributed by atoms with E-state index < -0.39 is 17.7 Å². The van der Waals surface area contributed by atoms with E-state index in [9.17, 15) is 18.4 Å². The number of benzene rings is 2. The SMILES string of the molecule is O=C(NCc1ccc(Cn2ccccc2=O)cc1)NC1COc2c(F)cc(F)cc2C1. The van der Waals surface area contributed by atoms with E-state index >= 15 is 0 Å². The molecule has 0 saturated heterocycles. The number of hydrogen-bond donors (Lipinski definition) is 2.